The molecule has 0 aromatic carbocycles. The van der Waals surface area contributed by atoms with Crippen LogP contribution in [-0.2, 0) is 11.3 Å². The van der Waals surface area contributed by atoms with Crippen molar-refractivity contribution in [1.29, 1.82) is 0 Å². The second-order valence-corrected chi connectivity index (χ2v) is 5.70. The maximum absolute atomic E-state index is 10.4. The zero-order valence-corrected chi connectivity index (χ0v) is 12.1. The number of carbonyl (C=O) groups is 1. The zero-order valence-electron chi connectivity index (χ0n) is 10.6. The van der Waals surface area contributed by atoms with E-state index >= 15 is 0 Å². The molecular weight excluding hydrogens is 284 g/mol. The minimum Gasteiger partial charge on any atom is -0.478 e. The van der Waals surface area contributed by atoms with Crippen molar-refractivity contribution in [2.24, 2.45) is 0 Å². The molecule has 0 amide bonds. The average molecular weight is 297 g/mol. The molecule has 4 nitrogen and oxygen atoms in total. The van der Waals surface area contributed by atoms with Gasteiger partial charge in [-0.1, -0.05) is 11.6 Å². The van der Waals surface area contributed by atoms with E-state index in [1.54, 1.807) is 6.08 Å². The molecule has 1 N–H and O–H groups in total. The standard InChI is InChI=1S/C13H13ClN2O2S/c1-8-13(14)9(2)16(15-8)7-11-4-3-10(19-11)5-6-12(17)18/h3-6H,7H2,1-2H3,(H,17,18). The third-order valence-electron chi connectivity index (χ3n) is 2.67. The van der Waals surface area contributed by atoms with Crippen molar-refractivity contribution in [3.8, 4) is 0 Å². The maximum atomic E-state index is 10.4. The fraction of sp³-hybridized carbons (Fsp3) is 0.231. The molecule has 19 heavy (non-hydrogen) atoms. The number of halogens is 1. The van der Waals surface area contributed by atoms with Crippen LogP contribution in [0.4, 0.5) is 0 Å². The summed E-state index contributed by atoms with van der Waals surface area (Å²) in [5.74, 6) is -0.944. The van der Waals surface area contributed by atoms with Crippen LogP contribution in [0.5, 0.6) is 0 Å². The van der Waals surface area contributed by atoms with Gasteiger partial charge in [-0.3, -0.25) is 4.68 Å². The Kier molecular flexibility index (Phi) is 4.07. The van der Waals surface area contributed by atoms with Crippen molar-refractivity contribution < 1.29 is 9.90 Å². The second-order valence-electron chi connectivity index (χ2n) is 4.12. The molecule has 0 saturated carbocycles. The Morgan fingerprint density at radius 2 is 2.26 bits per heavy atom. The second kappa shape index (κ2) is 5.59. The molecule has 0 unspecified atom stereocenters. The van der Waals surface area contributed by atoms with Gasteiger partial charge < -0.3 is 5.11 Å². The summed E-state index contributed by atoms with van der Waals surface area (Å²) in [6.45, 7) is 4.45. The quantitative estimate of drug-likeness (QED) is 0.880. The highest BCUT2D eigenvalue weighted by Gasteiger charge is 2.10. The molecule has 2 rings (SSSR count). The molecule has 0 radical (unpaired) electrons. The van der Waals surface area contributed by atoms with Crippen LogP contribution >= 0.6 is 22.9 Å². The lowest BCUT2D eigenvalue weighted by Gasteiger charge is -2.01. The van der Waals surface area contributed by atoms with E-state index in [-0.39, 0.29) is 0 Å². The summed E-state index contributed by atoms with van der Waals surface area (Å²) in [7, 11) is 0. The lowest BCUT2D eigenvalue weighted by atomic mass is 10.3. The Hall–Kier alpha value is -1.59. The molecule has 2 aromatic heterocycles. The van der Waals surface area contributed by atoms with E-state index in [0.29, 0.717) is 11.6 Å². The number of carboxylic acids is 1. The lowest BCUT2D eigenvalue weighted by Crippen LogP contribution is -2.02. The lowest BCUT2D eigenvalue weighted by molar-refractivity contribution is -0.131. The van der Waals surface area contributed by atoms with Gasteiger partial charge >= 0.3 is 5.97 Å². The largest absolute Gasteiger partial charge is 0.478 e. The SMILES string of the molecule is Cc1nn(Cc2ccc(C=CC(=O)O)s2)c(C)c1Cl. The van der Waals surface area contributed by atoms with Crippen LogP contribution < -0.4 is 0 Å². The molecule has 0 aliphatic heterocycles. The number of aromatic nitrogens is 2. The highest BCUT2D eigenvalue weighted by atomic mass is 35.5. The fourth-order valence-corrected chi connectivity index (χ4v) is 2.73. The third kappa shape index (κ3) is 3.24. The Morgan fingerprint density at radius 1 is 1.53 bits per heavy atom. The molecule has 6 heteroatoms. The minimum absolute atomic E-state index is 0.644. The summed E-state index contributed by atoms with van der Waals surface area (Å²) >= 11 is 7.64. The van der Waals surface area contributed by atoms with E-state index in [0.717, 1.165) is 27.2 Å². The number of aryl methyl sites for hydroxylation is 1. The molecule has 0 aliphatic carbocycles. The van der Waals surface area contributed by atoms with Crippen molar-refractivity contribution in [2.75, 3.05) is 0 Å². The summed E-state index contributed by atoms with van der Waals surface area (Å²) in [5, 5.41) is 13.6. The van der Waals surface area contributed by atoms with Crippen LogP contribution in [0.2, 0.25) is 5.02 Å². The molecule has 2 aromatic rings. The predicted octanol–water partition coefficient (Wildman–Crippen LogP) is 3.36. The van der Waals surface area contributed by atoms with Crippen LogP contribution in [-0.4, -0.2) is 20.9 Å². The van der Waals surface area contributed by atoms with Crippen molar-refractivity contribution >= 4 is 35.0 Å². The van der Waals surface area contributed by atoms with E-state index in [4.69, 9.17) is 16.7 Å². The van der Waals surface area contributed by atoms with Gasteiger partial charge in [0.15, 0.2) is 0 Å². The van der Waals surface area contributed by atoms with Crippen molar-refractivity contribution in [2.45, 2.75) is 20.4 Å². The first-order chi connectivity index (χ1) is 8.97. The predicted molar refractivity (Wildman–Crippen MR) is 76.8 cm³/mol. The van der Waals surface area contributed by atoms with Gasteiger partial charge in [0.2, 0.25) is 0 Å². The molecule has 0 atom stereocenters. The Balaban J connectivity index is 2.16. The minimum atomic E-state index is -0.944. The number of hydrogen-bond acceptors (Lipinski definition) is 3. The Morgan fingerprint density at radius 3 is 2.84 bits per heavy atom. The number of nitrogens with zero attached hydrogens (tertiary/aromatic N) is 2. The van der Waals surface area contributed by atoms with E-state index in [1.165, 1.54) is 11.3 Å². The molecule has 0 fully saturated rings. The normalized spacial score (nSPS) is 11.3. The van der Waals surface area contributed by atoms with Gasteiger partial charge in [0.25, 0.3) is 0 Å². The number of carboxylic acid groups (broad SMARTS) is 1. The van der Waals surface area contributed by atoms with Gasteiger partial charge in [-0.2, -0.15) is 5.10 Å². The molecule has 0 saturated heterocycles. The third-order valence-corrected chi connectivity index (χ3v) is 4.25. The van der Waals surface area contributed by atoms with Crippen molar-refractivity contribution in [1.82, 2.24) is 9.78 Å². The number of rotatable bonds is 4. The topological polar surface area (TPSA) is 55.1 Å². The summed E-state index contributed by atoms with van der Waals surface area (Å²) < 4.78 is 1.86. The van der Waals surface area contributed by atoms with Crippen LogP contribution in [0.15, 0.2) is 18.2 Å². The van der Waals surface area contributed by atoms with Crippen molar-refractivity contribution in [3.63, 3.8) is 0 Å². The number of aliphatic carboxylic acids is 1. The van der Waals surface area contributed by atoms with E-state index < -0.39 is 5.97 Å². The molecular formula is C13H13ClN2O2S. The molecule has 0 aliphatic rings. The monoisotopic (exact) mass is 296 g/mol. The molecule has 2 heterocycles. The first-order valence-electron chi connectivity index (χ1n) is 5.66. The molecule has 100 valence electrons. The van der Waals surface area contributed by atoms with Crippen LogP contribution in [0.3, 0.4) is 0 Å². The first-order valence-corrected chi connectivity index (χ1v) is 6.86. The molecule has 0 spiro atoms. The van der Waals surface area contributed by atoms with Crippen molar-refractivity contribution in [3.05, 3.63) is 44.4 Å². The van der Waals surface area contributed by atoms with Gasteiger partial charge in [0.1, 0.15) is 0 Å². The highest BCUT2D eigenvalue weighted by Crippen LogP contribution is 2.23. The van der Waals surface area contributed by atoms with Gasteiger partial charge in [0, 0.05) is 15.8 Å². The summed E-state index contributed by atoms with van der Waals surface area (Å²) in [4.78, 5) is 12.5. The maximum Gasteiger partial charge on any atom is 0.328 e. The summed E-state index contributed by atoms with van der Waals surface area (Å²) in [6.07, 6.45) is 2.72. The van der Waals surface area contributed by atoms with Gasteiger partial charge in [0.05, 0.1) is 23.0 Å². The van der Waals surface area contributed by atoms with Gasteiger partial charge in [-0.05, 0) is 32.1 Å². The van der Waals surface area contributed by atoms with E-state index in [9.17, 15) is 4.79 Å². The van der Waals surface area contributed by atoms with Crippen LogP contribution in [0, 0.1) is 13.8 Å². The number of hydrogen-bond donors (Lipinski definition) is 1. The fourth-order valence-electron chi connectivity index (χ4n) is 1.70. The number of thiophene rings is 1. The molecule has 0 bridgehead atoms. The summed E-state index contributed by atoms with van der Waals surface area (Å²) in [6, 6.07) is 3.86. The van der Waals surface area contributed by atoms with E-state index in [2.05, 4.69) is 5.10 Å². The van der Waals surface area contributed by atoms with Gasteiger partial charge in [-0.25, -0.2) is 4.79 Å². The zero-order chi connectivity index (χ0) is 14.0. The van der Waals surface area contributed by atoms with Crippen LogP contribution in [0.25, 0.3) is 6.08 Å². The summed E-state index contributed by atoms with van der Waals surface area (Å²) in [5.41, 5.74) is 1.76. The van der Waals surface area contributed by atoms with Crippen LogP contribution in [0.1, 0.15) is 21.1 Å². The highest BCUT2D eigenvalue weighted by molar-refractivity contribution is 7.12. The Bertz CT molecular complexity index is 643. The van der Waals surface area contributed by atoms with E-state index in [1.807, 2.05) is 30.7 Å². The first kappa shape index (κ1) is 13.8. The van der Waals surface area contributed by atoms with Gasteiger partial charge in [-0.15, -0.1) is 11.3 Å². The Labute approximate surface area is 119 Å². The average Bonchev–Trinajstić information content (AvgIpc) is 2.89. The smallest absolute Gasteiger partial charge is 0.328 e.